The maximum Gasteiger partial charge on any atom is 0.312 e. The molecule has 0 aromatic carbocycles. The smallest absolute Gasteiger partial charge is 0.312 e. The summed E-state index contributed by atoms with van der Waals surface area (Å²) in [6.07, 6.45) is 0.862. The maximum atomic E-state index is 12.3. The highest BCUT2D eigenvalue weighted by molar-refractivity contribution is 7.15. The maximum absolute atomic E-state index is 12.3. The molecule has 3 N–H and O–H groups in total. The van der Waals surface area contributed by atoms with Gasteiger partial charge in [-0.25, -0.2) is 0 Å². The fourth-order valence-electron chi connectivity index (χ4n) is 2.28. The van der Waals surface area contributed by atoms with Crippen LogP contribution < -0.4 is 10.6 Å². The Morgan fingerprint density at radius 2 is 2.26 bits per heavy atom. The zero-order valence-electron chi connectivity index (χ0n) is 12.5. The molecule has 1 amide bonds. The molecular weight excluding hydrogens is 320 g/mol. The van der Waals surface area contributed by atoms with Crippen molar-refractivity contribution in [2.24, 2.45) is 0 Å². The molecule has 3 heterocycles. The van der Waals surface area contributed by atoms with Crippen molar-refractivity contribution in [1.82, 2.24) is 25.7 Å². The molecule has 0 unspecified atom stereocenters. The van der Waals surface area contributed by atoms with Gasteiger partial charge in [-0.15, -0.1) is 10.2 Å². The first-order chi connectivity index (χ1) is 11.2. The van der Waals surface area contributed by atoms with E-state index in [2.05, 4.69) is 31.0 Å². The van der Waals surface area contributed by atoms with E-state index in [4.69, 9.17) is 4.74 Å². The number of amides is 1. The molecule has 0 aliphatic carbocycles. The minimum atomic E-state index is -0.367. The van der Waals surface area contributed by atoms with E-state index in [9.17, 15) is 9.59 Å². The highest BCUT2D eigenvalue weighted by Crippen LogP contribution is 2.19. The number of esters is 1. The molecule has 10 heteroatoms. The van der Waals surface area contributed by atoms with E-state index in [0.29, 0.717) is 29.0 Å². The number of anilines is 1. The quantitative estimate of drug-likeness (QED) is 0.670. The van der Waals surface area contributed by atoms with Crippen LogP contribution in [0.25, 0.3) is 0 Å². The van der Waals surface area contributed by atoms with Crippen molar-refractivity contribution in [1.29, 1.82) is 0 Å². The first kappa shape index (κ1) is 15.6. The van der Waals surface area contributed by atoms with Crippen LogP contribution in [0.15, 0.2) is 0 Å². The third-order valence-corrected chi connectivity index (χ3v) is 4.15. The average molecular weight is 336 g/mol. The first-order valence-electron chi connectivity index (χ1n) is 7.23. The Balaban J connectivity index is 1.65. The Morgan fingerprint density at radius 3 is 3.09 bits per heavy atom. The van der Waals surface area contributed by atoms with Gasteiger partial charge in [0.1, 0.15) is 5.01 Å². The predicted octanol–water partition coefficient (Wildman–Crippen LogP) is 0.265. The van der Waals surface area contributed by atoms with Crippen LogP contribution in [0.3, 0.4) is 0 Å². The lowest BCUT2D eigenvalue weighted by Gasteiger charge is -2.12. The Morgan fingerprint density at radius 1 is 1.39 bits per heavy atom. The standard InChI is InChI=1S/C13H16N6O3S/c1-2-22-10(20)5-9-17-19-13(23-9)15-12(21)11-7-6-14-4-3-8(7)16-18-11/h14H,2-6H2,1H3,(H,16,18)(H,15,19,21). The summed E-state index contributed by atoms with van der Waals surface area (Å²) in [5.74, 6) is -0.709. The van der Waals surface area contributed by atoms with Gasteiger partial charge in [0.15, 0.2) is 5.69 Å². The van der Waals surface area contributed by atoms with Crippen LogP contribution in [0.2, 0.25) is 0 Å². The number of aromatic nitrogens is 4. The summed E-state index contributed by atoms with van der Waals surface area (Å²) in [7, 11) is 0. The van der Waals surface area contributed by atoms with Gasteiger partial charge >= 0.3 is 5.97 Å². The van der Waals surface area contributed by atoms with Crippen LogP contribution in [-0.2, 0) is 28.9 Å². The number of aromatic amines is 1. The number of carbonyl (C=O) groups excluding carboxylic acids is 2. The number of carbonyl (C=O) groups is 2. The van der Waals surface area contributed by atoms with E-state index in [-0.39, 0.29) is 18.3 Å². The van der Waals surface area contributed by atoms with E-state index < -0.39 is 0 Å². The third-order valence-electron chi connectivity index (χ3n) is 3.31. The molecule has 0 spiro atoms. The minimum absolute atomic E-state index is 0.0447. The van der Waals surface area contributed by atoms with Gasteiger partial charge in [-0.2, -0.15) is 5.10 Å². The van der Waals surface area contributed by atoms with Gasteiger partial charge in [-0.3, -0.25) is 20.0 Å². The SMILES string of the molecule is CCOC(=O)Cc1nnc(NC(=O)c2n[nH]c3c2CNCC3)s1. The molecule has 9 nitrogen and oxygen atoms in total. The second-order valence-corrected chi connectivity index (χ2v) is 5.96. The fourth-order valence-corrected chi connectivity index (χ4v) is 3.00. The van der Waals surface area contributed by atoms with Gasteiger partial charge in [0, 0.05) is 30.8 Å². The summed E-state index contributed by atoms with van der Waals surface area (Å²) < 4.78 is 4.85. The Hall–Kier alpha value is -2.33. The molecule has 23 heavy (non-hydrogen) atoms. The van der Waals surface area contributed by atoms with Crippen molar-refractivity contribution in [2.75, 3.05) is 18.5 Å². The van der Waals surface area contributed by atoms with Gasteiger partial charge in [0.25, 0.3) is 5.91 Å². The molecule has 0 fully saturated rings. The predicted molar refractivity (Wildman–Crippen MR) is 82.2 cm³/mol. The molecule has 1 aliphatic rings. The van der Waals surface area contributed by atoms with E-state index in [1.54, 1.807) is 6.92 Å². The monoisotopic (exact) mass is 336 g/mol. The molecular formula is C13H16N6O3S. The van der Waals surface area contributed by atoms with Crippen molar-refractivity contribution in [3.05, 3.63) is 22.0 Å². The number of ether oxygens (including phenoxy) is 1. The Bertz CT molecular complexity index is 725. The van der Waals surface area contributed by atoms with E-state index >= 15 is 0 Å². The van der Waals surface area contributed by atoms with Crippen molar-refractivity contribution in [3.63, 3.8) is 0 Å². The zero-order valence-corrected chi connectivity index (χ0v) is 13.3. The van der Waals surface area contributed by atoms with Crippen LogP contribution in [0.4, 0.5) is 5.13 Å². The van der Waals surface area contributed by atoms with Crippen molar-refractivity contribution >= 4 is 28.3 Å². The number of H-pyrrole nitrogens is 1. The van der Waals surface area contributed by atoms with Crippen molar-refractivity contribution in [2.45, 2.75) is 26.3 Å². The molecule has 3 rings (SSSR count). The van der Waals surface area contributed by atoms with Crippen molar-refractivity contribution < 1.29 is 14.3 Å². The molecule has 2 aromatic heterocycles. The number of nitrogens with one attached hydrogen (secondary N) is 3. The molecule has 0 saturated carbocycles. The number of hydrogen-bond donors (Lipinski definition) is 3. The van der Waals surface area contributed by atoms with Gasteiger partial charge < -0.3 is 10.1 Å². The first-order valence-corrected chi connectivity index (χ1v) is 8.05. The summed E-state index contributed by atoms with van der Waals surface area (Å²) >= 11 is 1.14. The molecule has 0 saturated heterocycles. The normalized spacial score (nSPS) is 13.4. The van der Waals surface area contributed by atoms with E-state index in [1.165, 1.54) is 0 Å². The molecule has 122 valence electrons. The topological polar surface area (TPSA) is 122 Å². The molecule has 1 aliphatic heterocycles. The number of fused-ring (bicyclic) bond motifs is 1. The average Bonchev–Trinajstić information content (AvgIpc) is 3.14. The van der Waals surface area contributed by atoms with Crippen molar-refractivity contribution in [3.8, 4) is 0 Å². The number of rotatable bonds is 5. The molecule has 0 atom stereocenters. The van der Waals surface area contributed by atoms with E-state index in [0.717, 1.165) is 35.6 Å². The second kappa shape index (κ2) is 6.84. The highest BCUT2D eigenvalue weighted by atomic mass is 32.1. The summed E-state index contributed by atoms with van der Waals surface area (Å²) in [6, 6.07) is 0. The molecule has 0 radical (unpaired) electrons. The lowest BCUT2D eigenvalue weighted by atomic mass is 10.1. The summed E-state index contributed by atoms with van der Waals surface area (Å²) in [6.45, 7) is 3.53. The van der Waals surface area contributed by atoms with Gasteiger partial charge in [0.05, 0.1) is 13.0 Å². The Kier molecular flexibility index (Phi) is 4.63. The Labute approximate surface area is 135 Å². The van der Waals surface area contributed by atoms with Crippen LogP contribution in [-0.4, -0.2) is 45.4 Å². The summed E-state index contributed by atoms with van der Waals surface area (Å²) in [5, 5.41) is 21.4. The van der Waals surface area contributed by atoms with Crippen LogP contribution in [0, 0.1) is 0 Å². The number of nitrogens with zero attached hydrogens (tertiary/aromatic N) is 3. The zero-order chi connectivity index (χ0) is 16.2. The molecule has 0 bridgehead atoms. The van der Waals surface area contributed by atoms with Crippen LogP contribution in [0.1, 0.15) is 33.7 Å². The van der Waals surface area contributed by atoms with Gasteiger partial charge in [-0.1, -0.05) is 11.3 Å². The van der Waals surface area contributed by atoms with Gasteiger partial charge in [-0.05, 0) is 6.92 Å². The third kappa shape index (κ3) is 3.54. The lowest BCUT2D eigenvalue weighted by molar-refractivity contribution is -0.142. The lowest BCUT2D eigenvalue weighted by Crippen LogP contribution is -2.25. The number of hydrogen-bond acceptors (Lipinski definition) is 8. The van der Waals surface area contributed by atoms with Gasteiger partial charge in [0.2, 0.25) is 5.13 Å². The van der Waals surface area contributed by atoms with E-state index in [1.807, 2.05) is 0 Å². The minimum Gasteiger partial charge on any atom is -0.466 e. The molecule has 2 aromatic rings. The summed E-state index contributed by atoms with van der Waals surface area (Å²) in [4.78, 5) is 23.7. The van der Waals surface area contributed by atoms with Crippen LogP contribution in [0.5, 0.6) is 0 Å². The van der Waals surface area contributed by atoms with Crippen LogP contribution >= 0.6 is 11.3 Å². The second-order valence-electron chi connectivity index (χ2n) is 4.89. The largest absolute Gasteiger partial charge is 0.466 e. The summed E-state index contributed by atoms with van der Waals surface area (Å²) in [5.41, 5.74) is 2.22. The fraction of sp³-hybridized carbons (Fsp3) is 0.462. The highest BCUT2D eigenvalue weighted by Gasteiger charge is 2.22.